The largest absolute Gasteiger partial charge is 0.477 e. The Morgan fingerprint density at radius 1 is 0.778 bits per heavy atom. The summed E-state index contributed by atoms with van der Waals surface area (Å²) in [5.41, 5.74) is -0.565. The van der Waals surface area contributed by atoms with Gasteiger partial charge in [-0.2, -0.15) is 0 Å². The molecule has 27 heavy (non-hydrogen) atoms. The van der Waals surface area contributed by atoms with Gasteiger partial charge in [0.2, 0.25) is 0 Å². The minimum absolute atomic E-state index is 0.161. The highest BCUT2D eigenvalue weighted by atomic mass is 79.9. The van der Waals surface area contributed by atoms with Gasteiger partial charge in [0.05, 0.1) is 0 Å². The lowest BCUT2D eigenvalue weighted by Gasteiger charge is -2.15. The van der Waals surface area contributed by atoms with Crippen LogP contribution in [-0.4, -0.2) is 43.5 Å². The Kier molecular flexibility index (Phi) is 8.89. The Morgan fingerprint density at radius 2 is 1.11 bits per heavy atom. The first-order chi connectivity index (χ1) is 12.4. The SMILES string of the molecule is CC(Br)C(=O)Oc1cc(OC(=O)C(C)Br)c(C(=O)O)c(OC(=O)C(C)Br)c1. The van der Waals surface area contributed by atoms with Crippen LogP contribution >= 0.6 is 47.8 Å². The molecule has 0 aliphatic carbocycles. The molecular weight excluding hydrogens is 560 g/mol. The molecule has 3 atom stereocenters. The van der Waals surface area contributed by atoms with Crippen LogP contribution in [0.1, 0.15) is 31.1 Å². The van der Waals surface area contributed by atoms with Gasteiger partial charge in [-0.05, 0) is 20.8 Å². The molecule has 0 aromatic heterocycles. The van der Waals surface area contributed by atoms with Crippen LogP contribution in [0, 0.1) is 0 Å². The van der Waals surface area contributed by atoms with Gasteiger partial charge < -0.3 is 19.3 Å². The Hall–Kier alpha value is -1.46. The second-order valence-corrected chi connectivity index (χ2v) is 9.33. The summed E-state index contributed by atoms with van der Waals surface area (Å²) in [5, 5.41) is 9.49. The van der Waals surface area contributed by atoms with Crippen LogP contribution in [0.2, 0.25) is 0 Å². The average Bonchev–Trinajstić information content (AvgIpc) is 2.53. The number of benzene rings is 1. The number of carboxylic acids is 1. The molecule has 0 spiro atoms. The van der Waals surface area contributed by atoms with E-state index < -0.39 is 55.4 Å². The first-order valence-electron chi connectivity index (χ1n) is 7.42. The quantitative estimate of drug-likeness (QED) is 0.299. The van der Waals surface area contributed by atoms with Crippen molar-refractivity contribution in [3.63, 3.8) is 0 Å². The van der Waals surface area contributed by atoms with Crippen LogP contribution in [0.3, 0.4) is 0 Å². The summed E-state index contributed by atoms with van der Waals surface area (Å²) in [6.07, 6.45) is 0. The van der Waals surface area contributed by atoms with Crippen molar-refractivity contribution in [2.75, 3.05) is 0 Å². The Bertz CT molecular complexity index is 715. The van der Waals surface area contributed by atoms with Crippen molar-refractivity contribution in [2.45, 2.75) is 35.3 Å². The van der Waals surface area contributed by atoms with E-state index in [1.54, 1.807) is 0 Å². The molecule has 1 rings (SSSR count). The molecule has 1 aromatic rings. The molecular formula is C16H15Br3O8. The summed E-state index contributed by atoms with van der Waals surface area (Å²) in [7, 11) is 0. The molecule has 0 amide bonds. The minimum Gasteiger partial charge on any atom is -0.477 e. The number of ether oxygens (including phenoxy) is 3. The van der Waals surface area contributed by atoms with Crippen LogP contribution in [0.5, 0.6) is 17.2 Å². The fourth-order valence-corrected chi connectivity index (χ4v) is 1.85. The Labute approximate surface area is 179 Å². The summed E-state index contributed by atoms with van der Waals surface area (Å²) in [5.74, 6) is -4.80. The third-order valence-corrected chi connectivity index (χ3v) is 3.99. The lowest BCUT2D eigenvalue weighted by Crippen LogP contribution is -2.22. The van der Waals surface area contributed by atoms with Crippen molar-refractivity contribution in [3.8, 4) is 17.2 Å². The number of carbonyl (C=O) groups excluding carboxylic acids is 3. The summed E-state index contributed by atoms with van der Waals surface area (Å²) in [6, 6.07) is 2.11. The number of hydrogen-bond donors (Lipinski definition) is 1. The maximum atomic E-state index is 11.9. The van der Waals surface area contributed by atoms with E-state index in [9.17, 15) is 24.3 Å². The summed E-state index contributed by atoms with van der Waals surface area (Å²) in [4.78, 5) is 45.1. The zero-order chi connectivity index (χ0) is 20.9. The van der Waals surface area contributed by atoms with Gasteiger partial charge in [-0.25, -0.2) is 4.79 Å². The Morgan fingerprint density at radius 3 is 1.41 bits per heavy atom. The smallest absolute Gasteiger partial charge is 0.343 e. The Balaban J connectivity index is 3.50. The standard InChI is InChI=1S/C16H15Br3O8/c1-6(17)14(22)25-9-4-10(26-15(23)7(2)18)12(13(20)21)11(5-9)27-16(24)8(3)19/h4-8H,1-3H3,(H,20,21). The molecule has 148 valence electrons. The van der Waals surface area contributed by atoms with Crippen LogP contribution in [0.25, 0.3) is 0 Å². The van der Waals surface area contributed by atoms with Gasteiger partial charge in [0.15, 0.2) is 11.5 Å². The first kappa shape index (κ1) is 23.6. The fourth-order valence-electron chi connectivity index (χ4n) is 1.57. The lowest BCUT2D eigenvalue weighted by atomic mass is 10.1. The maximum absolute atomic E-state index is 11.9. The highest BCUT2D eigenvalue weighted by Gasteiger charge is 2.27. The zero-order valence-electron chi connectivity index (χ0n) is 14.3. The predicted octanol–water partition coefficient (Wildman–Crippen LogP) is 3.45. The number of halogens is 3. The molecule has 0 heterocycles. The summed E-state index contributed by atoms with van der Waals surface area (Å²) < 4.78 is 15.2. The molecule has 0 saturated carbocycles. The van der Waals surface area contributed by atoms with Gasteiger partial charge in [-0.1, -0.05) is 47.8 Å². The number of aromatic carboxylic acids is 1. The molecule has 0 aliphatic rings. The van der Waals surface area contributed by atoms with Gasteiger partial charge in [0.1, 0.15) is 25.8 Å². The summed E-state index contributed by atoms with van der Waals surface area (Å²) in [6.45, 7) is 4.48. The third kappa shape index (κ3) is 6.89. The molecule has 0 saturated heterocycles. The topological polar surface area (TPSA) is 116 Å². The molecule has 11 heteroatoms. The number of carboxylic acid groups (broad SMARTS) is 1. The fraction of sp³-hybridized carbons (Fsp3) is 0.375. The molecule has 0 aliphatic heterocycles. The second kappa shape index (κ2) is 10.2. The van der Waals surface area contributed by atoms with Gasteiger partial charge in [-0.3, -0.25) is 14.4 Å². The number of rotatable bonds is 7. The molecule has 1 N–H and O–H groups in total. The van der Waals surface area contributed by atoms with Crippen molar-refractivity contribution in [3.05, 3.63) is 17.7 Å². The molecule has 3 unspecified atom stereocenters. The van der Waals surface area contributed by atoms with Crippen LogP contribution in [0.4, 0.5) is 0 Å². The van der Waals surface area contributed by atoms with E-state index in [0.29, 0.717) is 0 Å². The molecule has 0 fully saturated rings. The molecule has 1 aromatic carbocycles. The third-order valence-electron chi connectivity index (χ3n) is 2.87. The second-order valence-electron chi connectivity index (χ2n) is 5.21. The van der Waals surface area contributed by atoms with Crippen molar-refractivity contribution in [1.82, 2.24) is 0 Å². The number of esters is 3. The number of alkyl halides is 3. The zero-order valence-corrected chi connectivity index (χ0v) is 19.1. The van der Waals surface area contributed by atoms with E-state index in [0.717, 1.165) is 12.1 Å². The average molecular weight is 575 g/mol. The van der Waals surface area contributed by atoms with Crippen molar-refractivity contribution in [2.24, 2.45) is 0 Å². The van der Waals surface area contributed by atoms with Crippen LogP contribution in [0.15, 0.2) is 12.1 Å². The highest BCUT2D eigenvalue weighted by Crippen LogP contribution is 2.35. The summed E-state index contributed by atoms with van der Waals surface area (Å²) >= 11 is 9.06. The molecule has 0 bridgehead atoms. The normalized spacial score (nSPS) is 13.9. The van der Waals surface area contributed by atoms with Crippen molar-refractivity contribution in [1.29, 1.82) is 0 Å². The maximum Gasteiger partial charge on any atom is 0.343 e. The van der Waals surface area contributed by atoms with E-state index in [4.69, 9.17) is 14.2 Å². The van der Waals surface area contributed by atoms with Gasteiger partial charge in [0.25, 0.3) is 0 Å². The van der Waals surface area contributed by atoms with Crippen LogP contribution < -0.4 is 14.2 Å². The first-order valence-corrected chi connectivity index (χ1v) is 10.2. The monoisotopic (exact) mass is 572 g/mol. The number of hydrogen-bond acceptors (Lipinski definition) is 7. The van der Waals surface area contributed by atoms with E-state index >= 15 is 0 Å². The van der Waals surface area contributed by atoms with E-state index in [1.165, 1.54) is 20.8 Å². The van der Waals surface area contributed by atoms with Gasteiger partial charge in [0, 0.05) is 12.1 Å². The molecule has 8 nitrogen and oxygen atoms in total. The van der Waals surface area contributed by atoms with E-state index in [-0.39, 0.29) is 5.75 Å². The number of carbonyl (C=O) groups is 4. The van der Waals surface area contributed by atoms with Gasteiger partial charge >= 0.3 is 23.9 Å². The van der Waals surface area contributed by atoms with E-state index in [1.807, 2.05) is 0 Å². The van der Waals surface area contributed by atoms with Crippen molar-refractivity contribution < 1.29 is 38.5 Å². The molecule has 0 radical (unpaired) electrons. The predicted molar refractivity (Wildman–Crippen MR) is 105 cm³/mol. The lowest BCUT2D eigenvalue weighted by molar-refractivity contribution is -0.133. The van der Waals surface area contributed by atoms with E-state index in [2.05, 4.69) is 47.8 Å². The minimum atomic E-state index is -1.50. The highest BCUT2D eigenvalue weighted by molar-refractivity contribution is 9.10. The van der Waals surface area contributed by atoms with Crippen molar-refractivity contribution >= 4 is 71.7 Å². The van der Waals surface area contributed by atoms with Crippen LogP contribution in [-0.2, 0) is 14.4 Å². The van der Waals surface area contributed by atoms with Gasteiger partial charge in [-0.15, -0.1) is 0 Å².